The number of hydrogen-bond donors (Lipinski definition) is 2. The molecule has 12 heavy (non-hydrogen) atoms. The first kappa shape index (κ1) is 11.7. The summed E-state index contributed by atoms with van der Waals surface area (Å²) in [6, 6.07) is 6.87. The van der Waals surface area contributed by atoms with Crippen LogP contribution in [0, 0.1) is 0 Å². The highest BCUT2D eigenvalue weighted by atomic mass is 35.5. The van der Waals surface area contributed by atoms with E-state index >= 15 is 0 Å². The van der Waals surface area contributed by atoms with E-state index in [4.69, 9.17) is 22.4 Å². The highest BCUT2D eigenvalue weighted by molar-refractivity contribution is 6.31. The van der Waals surface area contributed by atoms with E-state index in [9.17, 15) is 0 Å². The Morgan fingerprint density at radius 3 is 2.50 bits per heavy atom. The molecule has 1 atom stereocenters. The summed E-state index contributed by atoms with van der Waals surface area (Å²) >= 11 is 5.81. The number of hydrogen-bond acceptors (Lipinski definition) is 2. The fourth-order valence-corrected chi connectivity index (χ4v) is 1.15. The normalized spacial score (nSPS) is 11.9. The fraction of sp³-hybridized carbons (Fsp3) is 0.250. The van der Waals surface area contributed by atoms with Crippen LogP contribution < -0.4 is 5.73 Å². The molecule has 68 valence electrons. The van der Waals surface area contributed by atoms with Crippen molar-refractivity contribution in [2.24, 2.45) is 5.73 Å². The van der Waals surface area contributed by atoms with Gasteiger partial charge in [-0.15, -0.1) is 12.4 Å². The maximum atomic E-state index is 8.73. The van der Waals surface area contributed by atoms with Gasteiger partial charge in [0.1, 0.15) is 0 Å². The standard InChI is InChI=1S/C8H10ClNO.ClH/c9-7-4-2-1-3-6(7)8(10)5-11;/h1-4,8,11H,5,10H2;1H/t8-;/m1./s1. The number of halogens is 2. The lowest BCUT2D eigenvalue weighted by molar-refractivity contribution is 0.268. The van der Waals surface area contributed by atoms with Crippen LogP contribution in [-0.4, -0.2) is 11.7 Å². The van der Waals surface area contributed by atoms with Crippen LogP contribution in [0.4, 0.5) is 0 Å². The Kier molecular flexibility index (Phi) is 5.25. The molecule has 0 aliphatic heterocycles. The molecule has 1 rings (SSSR count). The van der Waals surface area contributed by atoms with E-state index in [1.807, 2.05) is 18.2 Å². The van der Waals surface area contributed by atoms with Crippen molar-refractivity contribution in [3.05, 3.63) is 34.9 Å². The van der Waals surface area contributed by atoms with Crippen LogP contribution in [0.3, 0.4) is 0 Å². The molecular weight excluding hydrogens is 197 g/mol. The summed E-state index contributed by atoms with van der Waals surface area (Å²) in [6.45, 7) is -0.0796. The number of aliphatic hydroxyl groups is 1. The molecule has 0 unspecified atom stereocenters. The first-order chi connectivity index (χ1) is 5.25. The van der Waals surface area contributed by atoms with Crippen molar-refractivity contribution in [1.29, 1.82) is 0 Å². The lowest BCUT2D eigenvalue weighted by Crippen LogP contribution is -2.14. The third-order valence-corrected chi connectivity index (χ3v) is 1.85. The van der Waals surface area contributed by atoms with Crippen molar-refractivity contribution in [2.45, 2.75) is 6.04 Å². The highest BCUT2D eigenvalue weighted by Gasteiger charge is 2.06. The van der Waals surface area contributed by atoms with Gasteiger partial charge < -0.3 is 10.8 Å². The Morgan fingerprint density at radius 1 is 1.42 bits per heavy atom. The Bertz CT molecular complexity index is 242. The molecule has 0 heterocycles. The van der Waals surface area contributed by atoms with E-state index in [0.29, 0.717) is 5.02 Å². The second-order valence-corrected chi connectivity index (χ2v) is 2.72. The van der Waals surface area contributed by atoms with Crippen LogP contribution in [0.1, 0.15) is 11.6 Å². The minimum atomic E-state index is -0.372. The topological polar surface area (TPSA) is 46.2 Å². The molecule has 3 N–H and O–H groups in total. The zero-order chi connectivity index (χ0) is 8.27. The molecule has 0 saturated heterocycles. The first-order valence-electron chi connectivity index (χ1n) is 3.36. The van der Waals surface area contributed by atoms with Gasteiger partial charge >= 0.3 is 0 Å². The first-order valence-corrected chi connectivity index (χ1v) is 3.74. The van der Waals surface area contributed by atoms with Crippen LogP contribution in [0.2, 0.25) is 5.02 Å². The van der Waals surface area contributed by atoms with Gasteiger partial charge in [0.2, 0.25) is 0 Å². The molecule has 1 aromatic rings. The lowest BCUT2D eigenvalue weighted by atomic mass is 10.1. The maximum absolute atomic E-state index is 8.73. The van der Waals surface area contributed by atoms with Crippen molar-refractivity contribution < 1.29 is 5.11 Å². The molecular formula is C8H11Cl2NO. The van der Waals surface area contributed by atoms with Gasteiger partial charge in [-0.1, -0.05) is 29.8 Å². The molecule has 0 aliphatic carbocycles. The predicted molar refractivity (Wildman–Crippen MR) is 52.7 cm³/mol. The Hall–Kier alpha value is -0.280. The minimum Gasteiger partial charge on any atom is -0.394 e. The second kappa shape index (κ2) is 5.38. The second-order valence-electron chi connectivity index (χ2n) is 2.31. The molecule has 0 amide bonds. The Labute approximate surface area is 82.8 Å². The number of aliphatic hydroxyl groups excluding tert-OH is 1. The fourth-order valence-electron chi connectivity index (χ4n) is 0.874. The van der Waals surface area contributed by atoms with Gasteiger partial charge in [0.15, 0.2) is 0 Å². The van der Waals surface area contributed by atoms with Gasteiger partial charge in [0.05, 0.1) is 12.6 Å². The van der Waals surface area contributed by atoms with E-state index in [0.717, 1.165) is 5.56 Å². The van der Waals surface area contributed by atoms with Crippen molar-refractivity contribution in [2.75, 3.05) is 6.61 Å². The van der Waals surface area contributed by atoms with Crippen molar-refractivity contribution in [1.82, 2.24) is 0 Å². The summed E-state index contributed by atoms with van der Waals surface area (Å²) in [6.07, 6.45) is 0. The van der Waals surface area contributed by atoms with Crippen LogP contribution in [0.15, 0.2) is 24.3 Å². The summed E-state index contributed by atoms with van der Waals surface area (Å²) in [5.41, 5.74) is 6.35. The van der Waals surface area contributed by atoms with E-state index in [-0.39, 0.29) is 25.1 Å². The summed E-state index contributed by atoms with van der Waals surface area (Å²) < 4.78 is 0. The maximum Gasteiger partial charge on any atom is 0.0624 e. The molecule has 0 aromatic heterocycles. The lowest BCUT2D eigenvalue weighted by Gasteiger charge is -2.09. The third kappa shape index (κ3) is 2.64. The van der Waals surface area contributed by atoms with Crippen molar-refractivity contribution in [3.63, 3.8) is 0 Å². The summed E-state index contributed by atoms with van der Waals surface area (Å²) in [7, 11) is 0. The summed E-state index contributed by atoms with van der Waals surface area (Å²) in [5, 5.41) is 9.33. The average Bonchev–Trinajstić information content (AvgIpc) is 2.04. The van der Waals surface area contributed by atoms with Crippen LogP contribution in [0.25, 0.3) is 0 Å². The van der Waals surface area contributed by atoms with E-state index < -0.39 is 0 Å². The molecule has 0 spiro atoms. The van der Waals surface area contributed by atoms with Crippen LogP contribution >= 0.6 is 24.0 Å². The van der Waals surface area contributed by atoms with E-state index in [1.54, 1.807) is 6.07 Å². The molecule has 0 radical (unpaired) electrons. The van der Waals surface area contributed by atoms with Gasteiger partial charge in [-0.3, -0.25) is 0 Å². The largest absolute Gasteiger partial charge is 0.394 e. The Morgan fingerprint density at radius 2 is 2.00 bits per heavy atom. The summed E-state index contributed by atoms with van der Waals surface area (Å²) in [4.78, 5) is 0. The molecule has 2 nitrogen and oxygen atoms in total. The van der Waals surface area contributed by atoms with E-state index in [2.05, 4.69) is 0 Å². The number of nitrogens with two attached hydrogens (primary N) is 1. The van der Waals surface area contributed by atoms with E-state index in [1.165, 1.54) is 0 Å². The van der Waals surface area contributed by atoms with Gasteiger partial charge in [0.25, 0.3) is 0 Å². The highest BCUT2D eigenvalue weighted by Crippen LogP contribution is 2.19. The van der Waals surface area contributed by atoms with Crippen molar-refractivity contribution in [3.8, 4) is 0 Å². The van der Waals surface area contributed by atoms with Crippen LogP contribution in [-0.2, 0) is 0 Å². The monoisotopic (exact) mass is 207 g/mol. The molecule has 0 saturated carbocycles. The quantitative estimate of drug-likeness (QED) is 0.777. The number of benzene rings is 1. The van der Waals surface area contributed by atoms with Crippen molar-refractivity contribution >= 4 is 24.0 Å². The molecule has 0 fully saturated rings. The SMILES string of the molecule is Cl.N[C@H](CO)c1ccccc1Cl. The van der Waals surface area contributed by atoms with Gasteiger partial charge in [-0.05, 0) is 11.6 Å². The molecule has 1 aromatic carbocycles. The zero-order valence-electron chi connectivity index (χ0n) is 6.40. The third-order valence-electron chi connectivity index (χ3n) is 1.50. The van der Waals surface area contributed by atoms with Gasteiger partial charge in [-0.2, -0.15) is 0 Å². The van der Waals surface area contributed by atoms with Gasteiger partial charge in [0, 0.05) is 5.02 Å². The van der Waals surface area contributed by atoms with Gasteiger partial charge in [-0.25, -0.2) is 0 Å². The zero-order valence-corrected chi connectivity index (χ0v) is 7.98. The Balaban J connectivity index is 0.00000121. The average molecular weight is 208 g/mol. The number of rotatable bonds is 2. The smallest absolute Gasteiger partial charge is 0.0624 e. The summed E-state index contributed by atoms with van der Waals surface area (Å²) in [5.74, 6) is 0. The minimum absolute atomic E-state index is 0. The van der Waals surface area contributed by atoms with Crippen LogP contribution in [0.5, 0.6) is 0 Å². The molecule has 0 bridgehead atoms. The molecule has 0 aliphatic rings. The predicted octanol–water partition coefficient (Wildman–Crippen LogP) is 1.75. The molecule has 4 heteroatoms.